The van der Waals surface area contributed by atoms with Crippen LogP contribution >= 0.6 is 0 Å². The topological polar surface area (TPSA) is 70.7 Å². The number of nitrogens with zero attached hydrogens (tertiary/aromatic N) is 1. The molecule has 0 aliphatic carbocycles. The number of nitrogens with one attached hydrogen (secondary N) is 2. The van der Waals surface area contributed by atoms with Gasteiger partial charge in [-0.2, -0.15) is 0 Å². The molecule has 0 aliphatic rings. The molecule has 0 fully saturated rings. The van der Waals surface area contributed by atoms with E-state index in [1.165, 1.54) is 0 Å². The molecule has 132 valence electrons. The highest BCUT2D eigenvalue weighted by Crippen LogP contribution is 2.15. The molecule has 0 radical (unpaired) electrons. The lowest BCUT2D eigenvalue weighted by atomic mass is 10.2. The van der Waals surface area contributed by atoms with Gasteiger partial charge in [-0.05, 0) is 55.5 Å². The molecule has 2 N–H and O–H groups in total. The van der Waals surface area contributed by atoms with Gasteiger partial charge in [0.05, 0.1) is 18.7 Å². The molecular formula is C19H23N3O3. The Morgan fingerprint density at radius 1 is 0.960 bits per heavy atom. The highest BCUT2D eigenvalue weighted by Gasteiger charge is 2.07. The maximum atomic E-state index is 12.0. The average Bonchev–Trinajstić information content (AvgIpc) is 2.61. The first-order valence-corrected chi connectivity index (χ1v) is 8.08. The number of amides is 1. The molecule has 0 atom stereocenters. The zero-order valence-electron chi connectivity index (χ0n) is 14.7. The van der Waals surface area contributed by atoms with Gasteiger partial charge >= 0.3 is 5.97 Å². The van der Waals surface area contributed by atoms with Gasteiger partial charge in [-0.15, -0.1) is 0 Å². The summed E-state index contributed by atoms with van der Waals surface area (Å²) in [6, 6.07) is 14.4. The van der Waals surface area contributed by atoms with E-state index in [1.807, 2.05) is 43.3 Å². The second kappa shape index (κ2) is 8.73. The van der Waals surface area contributed by atoms with Crippen LogP contribution in [0.5, 0.6) is 0 Å². The van der Waals surface area contributed by atoms with Gasteiger partial charge in [-0.3, -0.25) is 4.79 Å². The third kappa shape index (κ3) is 5.53. The van der Waals surface area contributed by atoms with E-state index in [4.69, 9.17) is 4.74 Å². The molecular weight excluding hydrogens is 318 g/mol. The number of benzene rings is 2. The molecule has 0 unspecified atom stereocenters. The molecule has 0 heterocycles. The molecule has 0 saturated carbocycles. The zero-order valence-corrected chi connectivity index (χ0v) is 14.7. The highest BCUT2D eigenvalue weighted by molar-refractivity contribution is 5.95. The molecule has 2 rings (SSSR count). The Bertz CT molecular complexity index is 710. The van der Waals surface area contributed by atoms with E-state index in [0.29, 0.717) is 17.9 Å². The molecule has 2 aromatic rings. The van der Waals surface area contributed by atoms with Gasteiger partial charge in [-0.1, -0.05) is 0 Å². The Hall–Kier alpha value is -3.02. The van der Waals surface area contributed by atoms with E-state index in [1.54, 1.807) is 31.2 Å². The van der Waals surface area contributed by atoms with Crippen LogP contribution in [0.3, 0.4) is 0 Å². The Morgan fingerprint density at radius 3 is 2.12 bits per heavy atom. The van der Waals surface area contributed by atoms with E-state index >= 15 is 0 Å². The number of esters is 1. The minimum atomic E-state index is -0.372. The van der Waals surface area contributed by atoms with Crippen LogP contribution in [0, 0.1) is 0 Å². The summed E-state index contributed by atoms with van der Waals surface area (Å²) in [6.07, 6.45) is 0. The summed E-state index contributed by atoms with van der Waals surface area (Å²) in [5.41, 5.74) is 3.05. The van der Waals surface area contributed by atoms with Crippen molar-refractivity contribution in [3.05, 3.63) is 54.1 Å². The van der Waals surface area contributed by atoms with E-state index in [2.05, 4.69) is 10.6 Å². The largest absolute Gasteiger partial charge is 0.462 e. The minimum Gasteiger partial charge on any atom is -0.462 e. The van der Waals surface area contributed by atoms with Crippen molar-refractivity contribution < 1.29 is 14.3 Å². The number of hydrogen-bond acceptors (Lipinski definition) is 5. The molecule has 6 nitrogen and oxygen atoms in total. The fourth-order valence-corrected chi connectivity index (χ4v) is 2.17. The highest BCUT2D eigenvalue weighted by atomic mass is 16.5. The molecule has 25 heavy (non-hydrogen) atoms. The van der Waals surface area contributed by atoms with Gasteiger partial charge < -0.3 is 20.3 Å². The lowest BCUT2D eigenvalue weighted by Gasteiger charge is -2.13. The monoisotopic (exact) mass is 341 g/mol. The third-order valence-electron chi connectivity index (χ3n) is 3.52. The molecule has 0 aromatic heterocycles. The van der Waals surface area contributed by atoms with Gasteiger partial charge in [0.15, 0.2) is 0 Å². The summed E-state index contributed by atoms with van der Waals surface area (Å²) in [6.45, 7) is 2.24. The SMILES string of the molecule is CCOC(=O)c1ccc(NC(=O)CNc2ccc(N(C)C)cc2)cc1. The van der Waals surface area contributed by atoms with Crippen molar-refractivity contribution >= 4 is 28.9 Å². The predicted octanol–water partition coefficient (Wildman–Crippen LogP) is 2.98. The third-order valence-corrected chi connectivity index (χ3v) is 3.52. The Balaban J connectivity index is 1.84. The van der Waals surface area contributed by atoms with Gasteiger partial charge in [0, 0.05) is 31.2 Å². The Kier molecular flexibility index (Phi) is 6.39. The maximum absolute atomic E-state index is 12.0. The van der Waals surface area contributed by atoms with Crippen LogP contribution < -0.4 is 15.5 Å². The van der Waals surface area contributed by atoms with Gasteiger partial charge in [-0.25, -0.2) is 4.79 Å². The van der Waals surface area contributed by atoms with Crippen LogP contribution in [0.1, 0.15) is 17.3 Å². The minimum absolute atomic E-state index is 0.154. The van der Waals surface area contributed by atoms with Crippen molar-refractivity contribution in [2.24, 2.45) is 0 Å². The Labute approximate surface area is 147 Å². The van der Waals surface area contributed by atoms with E-state index in [0.717, 1.165) is 11.4 Å². The van der Waals surface area contributed by atoms with Crippen molar-refractivity contribution in [1.82, 2.24) is 0 Å². The number of carbonyl (C=O) groups excluding carboxylic acids is 2. The molecule has 6 heteroatoms. The molecule has 0 saturated heterocycles. The van der Waals surface area contributed by atoms with Crippen molar-refractivity contribution in [2.75, 3.05) is 42.8 Å². The second-order valence-electron chi connectivity index (χ2n) is 5.64. The summed E-state index contributed by atoms with van der Waals surface area (Å²) in [5.74, 6) is -0.538. The molecule has 0 bridgehead atoms. The number of hydrogen-bond donors (Lipinski definition) is 2. The zero-order chi connectivity index (χ0) is 18.2. The van der Waals surface area contributed by atoms with Crippen molar-refractivity contribution in [1.29, 1.82) is 0 Å². The van der Waals surface area contributed by atoms with Crippen LogP contribution in [0.25, 0.3) is 0 Å². The smallest absolute Gasteiger partial charge is 0.338 e. The lowest BCUT2D eigenvalue weighted by molar-refractivity contribution is -0.114. The molecule has 2 aromatic carbocycles. The van der Waals surface area contributed by atoms with Crippen LogP contribution in [0.4, 0.5) is 17.1 Å². The second-order valence-corrected chi connectivity index (χ2v) is 5.64. The van der Waals surface area contributed by atoms with Crippen LogP contribution in [0.15, 0.2) is 48.5 Å². The maximum Gasteiger partial charge on any atom is 0.338 e. The number of ether oxygens (including phenoxy) is 1. The summed E-state index contributed by atoms with van der Waals surface area (Å²) in [7, 11) is 3.95. The molecule has 1 amide bonds. The van der Waals surface area contributed by atoms with E-state index < -0.39 is 0 Å². The summed E-state index contributed by atoms with van der Waals surface area (Å²) < 4.78 is 4.92. The summed E-state index contributed by atoms with van der Waals surface area (Å²) in [5, 5.41) is 5.85. The van der Waals surface area contributed by atoms with Crippen molar-refractivity contribution in [3.8, 4) is 0 Å². The first kappa shape index (κ1) is 18.3. The number of rotatable bonds is 7. The quantitative estimate of drug-likeness (QED) is 0.758. The van der Waals surface area contributed by atoms with Crippen LogP contribution in [0.2, 0.25) is 0 Å². The predicted molar refractivity (Wildman–Crippen MR) is 100 cm³/mol. The van der Waals surface area contributed by atoms with E-state index in [9.17, 15) is 9.59 Å². The lowest BCUT2D eigenvalue weighted by Crippen LogP contribution is -2.21. The van der Waals surface area contributed by atoms with Crippen LogP contribution in [-0.4, -0.2) is 39.1 Å². The Morgan fingerprint density at radius 2 is 1.56 bits per heavy atom. The van der Waals surface area contributed by atoms with Crippen LogP contribution in [-0.2, 0) is 9.53 Å². The van der Waals surface area contributed by atoms with Gasteiger partial charge in [0.1, 0.15) is 0 Å². The van der Waals surface area contributed by atoms with Crippen molar-refractivity contribution in [3.63, 3.8) is 0 Å². The van der Waals surface area contributed by atoms with Gasteiger partial charge in [0.2, 0.25) is 5.91 Å². The number of anilines is 3. The first-order valence-electron chi connectivity index (χ1n) is 8.08. The van der Waals surface area contributed by atoms with Crippen molar-refractivity contribution in [2.45, 2.75) is 6.92 Å². The summed E-state index contributed by atoms with van der Waals surface area (Å²) >= 11 is 0. The number of carbonyl (C=O) groups is 2. The fraction of sp³-hybridized carbons (Fsp3) is 0.263. The molecule has 0 spiro atoms. The first-order chi connectivity index (χ1) is 12.0. The fourth-order valence-electron chi connectivity index (χ4n) is 2.17. The van der Waals surface area contributed by atoms with Gasteiger partial charge in [0.25, 0.3) is 0 Å². The average molecular weight is 341 g/mol. The molecule has 0 aliphatic heterocycles. The standard InChI is InChI=1S/C19H23N3O3/c1-4-25-19(24)14-5-7-16(8-6-14)21-18(23)13-20-15-9-11-17(12-10-15)22(2)3/h5-12,20H,4,13H2,1-3H3,(H,21,23). The normalized spacial score (nSPS) is 10.0. The summed E-state index contributed by atoms with van der Waals surface area (Å²) in [4.78, 5) is 25.6. The van der Waals surface area contributed by atoms with E-state index in [-0.39, 0.29) is 18.4 Å².